The zero-order valence-corrected chi connectivity index (χ0v) is 16.8. The molecule has 0 saturated carbocycles. The third-order valence-electron chi connectivity index (χ3n) is 4.07. The monoisotopic (exact) mass is 436 g/mol. The number of hydrazone groups is 1. The minimum atomic E-state index is -4.00. The van der Waals surface area contributed by atoms with Crippen molar-refractivity contribution in [3.63, 3.8) is 0 Å². The lowest BCUT2D eigenvalue weighted by Gasteiger charge is -2.19. The molecular weight excluding hydrogens is 420 g/mol. The summed E-state index contributed by atoms with van der Waals surface area (Å²) in [5, 5.41) is 17.8. The van der Waals surface area contributed by atoms with Crippen LogP contribution in [0.25, 0.3) is 0 Å². The first-order valence-electron chi connectivity index (χ1n) is 8.42. The highest BCUT2D eigenvalue weighted by Gasteiger charge is 2.23. The summed E-state index contributed by atoms with van der Waals surface area (Å²) < 4.78 is 27.6. The summed E-state index contributed by atoms with van der Waals surface area (Å²) >= 11 is 5.87. The van der Waals surface area contributed by atoms with E-state index in [0.29, 0.717) is 5.02 Å². The van der Waals surface area contributed by atoms with Crippen LogP contribution in [0.5, 0.6) is 5.75 Å². The fraction of sp³-hybridized carbons (Fsp3) is 0.167. The Morgan fingerprint density at radius 3 is 2.66 bits per heavy atom. The molecule has 1 aliphatic rings. The number of nitrogens with one attached hydrogen (secondary N) is 2. The van der Waals surface area contributed by atoms with Gasteiger partial charge in [-0.25, -0.2) is 13.4 Å². The molecule has 0 atom stereocenters. The van der Waals surface area contributed by atoms with Gasteiger partial charge in [0.15, 0.2) is 0 Å². The highest BCUT2D eigenvalue weighted by atomic mass is 35.5. The quantitative estimate of drug-likeness (QED) is 0.620. The molecule has 11 heteroatoms. The van der Waals surface area contributed by atoms with Crippen molar-refractivity contribution in [1.29, 1.82) is 0 Å². The van der Waals surface area contributed by atoms with E-state index in [2.05, 4.69) is 15.1 Å². The molecule has 29 heavy (non-hydrogen) atoms. The molecule has 2 amide bonds. The zero-order valence-electron chi connectivity index (χ0n) is 15.2. The maximum atomic E-state index is 12.6. The summed E-state index contributed by atoms with van der Waals surface area (Å²) in [4.78, 5) is 23.7. The van der Waals surface area contributed by atoms with Crippen LogP contribution in [-0.2, 0) is 19.6 Å². The van der Waals surface area contributed by atoms with Crippen molar-refractivity contribution in [3.05, 3.63) is 47.5 Å². The third kappa shape index (κ3) is 4.84. The molecule has 0 unspecified atom stereocenters. The first-order chi connectivity index (χ1) is 13.7. The zero-order chi connectivity index (χ0) is 21.2. The van der Waals surface area contributed by atoms with Gasteiger partial charge in [0.1, 0.15) is 11.5 Å². The fourth-order valence-corrected chi connectivity index (χ4v) is 3.84. The van der Waals surface area contributed by atoms with Gasteiger partial charge >= 0.3 is 0 Å². The van der Waals surface area contributed by atoms with Crippen molar-refractivity contribution >= 4 is 50.5 Å². The number of nitrogens with zero attached hydrogens (tertiary/aromatic N) is 2. The first-order valence-corrected chi connectivity index (χ1v) is 10.3. The molecule has 0 aliphatic carbocycles. The van der Waals surface area contributed by atoms with Crippen LogP contribution in [0.4, 0.5) is 11.4 Å². The van der Waals surface area contributed by atoms with Crippen LogP contribution in [0.3, 0.4) is 0 Å². The molecule has 2 aromatic carbocycles. The first kappa shape index (κ1) is 20.6. The van der Waals surface area contributed by atoms with Gasteiger partial charge in [0.05, 0.1) is 16.3 Å². The minimum absolute atomic E-state index is 0.0943. The van der Waals surface area contributed by atoms with Gasteiger partial charge in [-0.05, 0) is 36.4 Å². The van der Waals surface area contributed by atoms with Crippen molar-refractivity contribution in [2.24, 2.45) is 5.10 Å². The number of halogens is 1. The third-order valence-corrected chi connectivity index (χ3v) is 5.69. The molecule has 0 aromatic heterocycles. The number of hydrogen-bond acceptors (Lipinski definition) is 6. The number of hydrogen-bond donors (Lipinski definition) is 3. The molecule has 9 nitrogen and oxygen atoms in total. The van der Waals surface area contributed by atoms with Gasteiger partial charge in [-0.3, -0.25) is 14.3 Å². The van der Waals surface area contributed by atoms with Crippen molar-refractivity contribution in [2.45, 2.75) is 17.7 Å². The van der Waals surface area contributed by atoms with E-state index in [4.69, 9.17) is 11.6 Å². The second kappa shape index (κ2) is 8.10. The van der Waals surface area contributed by atoms with Gasteiger partial charge in [-0.2, -0.15) is 5.10 Å². The molecule has 0 spiro atoms. The highest BCUT2D eigenvalue weighted by molar-refractivity contribution is 7.92. The van der Waals surface area contributed by atoms with E-state index >= 15 is 0 Å². The molecule has 3 rings (SSSR count). The van der Waals surface area contributed by atoms with E-state index < -0.39 is 15.9 Å². The van der Waals surface area contributed by atoms with Crippen molar-refractivity contribution < 1.29 is 23.1 Å². The highest BCUT2D eigenvalue weighted by Crippen LogP contribution is 2.28. The molecule has 3 N–H and O–H groups in total. The topological polar surface area (TPSA) is 128 Å². The van der Waals surface area contributed by atoms with Crippen LogP contribution in [0, 0.1) is 0 Å². The fourth-order valence-electron chi connectivity index (χ4n) is 2.58. The van der Waals surface area contributed by atoms with E-state index in [1.807, 2.05) is 0 Å². The second-order valence-electron chi connectivity index (χ2n) is 6.21. The molecular formula is C18H17ClN4O5S. The Morgan fingerprint density at radius 2 is 1.97 bits per heavy atom. The van der Waals surface area contributed by atoms with Gasteiger partial charge < -0.3 is 10.4 Å². The molecule has 2 aromatic rings. The number of sulfonamides is 1. The van der Waals surface area contributed by atoms with Crippen LogP contribution in [0.15, 0.2) is 52.5 Å². The van der Waals surface area contributed by atoms with Crippen molar-refractivity contribution in [1.82, 2.24) is 5.01 Å². The number of phenolic OH excluding ortho intramolecular Hbond substituents is 1. The Kier molecular flexibility index (Phi) is 5.76. The number of carbonyl (C=O) groups is 2. The van der Waals surface area contributed by atoms with Crippen LogP contribution < -0.4 is 10.0 Å². The van der Waals surface area contributed by atoms with Crippen LogP contribution in [0.2, 0.25) is 5.02 Å². The number of rotatable bonds is 5. The average Bonchev–Trinajstić information content (AvgIpc) is 2.65. The summed E-state index contributed by atoms with van der Waals surface area (Å²) in [6, 6.07) is 9.65. The average molecular weight is 437 g/mol. The van der Waals surface area contributed by atoms with E-state index in [0.717, 1.165) is 17.1 Å². The molecule has 1 heterocycles. The number of carbonyl (C=O) groups excluding carboxylic acids is 2. The van der Waals surface area contributed by atoms with Crippen LogP contribution in [-0.4, -0.2) is 43.1 Å². The number of amides is 2. The van der Waals surface area contributed by atoms with Gasteiger partial charge in [-0.15, -0.1) is 0 Å². The number of aromatic hydroxyl groups is 1. The maximum absolute atomic E-state index is 12.6. The molecule has 0 fully saturated rings. The van der Waals surface area contributed by atoms with Gasteiger partial charge in [-0.1, -0.05) is 17.7 Å². The predicted octanol–water partition coefficient (Wildman–Crippen LogP) is 2.39. The van der Waals surface area contributed by atoms with Crippen molar-refractivity contribution in [2.75, 3.05) is 17.1 Å². The molecule has 1 aliphatic heterocycles. The normalized spacial score (nSPS) is 14.3. The maximum Gasteiger partial charge on any atom is 0.271 e. The van der Waals surface area contributed by atoms with Crippen LogP contribution in [0.1, 0.15) is 12.8 Å². The van der Waals surface area contributed by atoms with E-state index in [-0.39, 0.29) is 46.5 Å². The van der Waals surface area contributed by atoms with Gasteiger partial charge in [0.2, 0.25) is 5.91 Å². The Hall–Kier alpha value is -3.11. The second-order valence-corrected chi connectivity index (χ2v) is 8.33. The lowest BCUT2D eigenvalue weighted by Crippen LogP contribution is -2.34. The Morgan fingerprint density at radius 1 is 1.21 bits per heavy atom. The Bertz CT molecular complexity index is 1120. The van der Waals surface area contributed by atoms with Gasteiger partial charge in [0.25, 0.3) is 15.9 Å². The van der Waals surface area contributed by atoms with Crippen molar-refractivity contribution in [3.8, 4) is 5.75 Å². The number of benzene rings is 2. The molecule has 0 saturated heterocycles. The molecule has 0 bridgehead atoms. The largest absolute Gasteiger partial charge is 0.506 e. The SMILES string of the molecule is CN1N=C(C(=O)Nc2cc(S(=O)(=O)Nc3cccc(Cl)c3)ccc2O)CCC1=O. The lowest BCUT2D eigenvalue weighted by atomic mass is 10.1. The summed E-state index contributed by atoms with van der Waals surface area (Å²) in [5.41, 5.74) is 0.253. The number of anilines is 2. The van der Waals surface area contributed by atoms with E-state index in [1.165, 1.54) is 25.2 Å². The van der Waals surface area contributed by atoms with E-state index in [9.17, 15) is 23.1 Å². The number of phenols is 1. The molecule has 0 radical (unpaired) electrons. The summed E-state index contributed by atoms with van der Waals surface area (Å²) in [6.45, 7) is 0. The van der Waals surface area contributed by atoms with Gasteiger partial charge in [0, 0.05) is 24.9 Å². The summed E-state index contributed by atoms with van der Waals surface area (Å²) in [7, 11) is -2.57. The van der Waals surface area contributed by atoms with E-state index in [1.54, 1.807) is 12.1 Å². The summed E-state index contributed by atoms with van der Waals surface area (Å²) in [6.07, 6.45) is 0.275. The minimum Gasteiger partial charge on any atom is -0.506 e. The Balaban J connectivity index is 1.83. The standard InChI is InChI=1S/C18H17ClN4O5S/c1-23-17(25)8-6-14(21-23)18(26)20-15-10-13(5-7-16(15)24)29(27,28)22-12-4-2-3-11(19)9-12/h2-5,7,9-10,22,24H,6,8H2,1H3,(H,20,26). The Labute approximate surface area is 172 Å². The van der Waals surface area contributed by atoms with Crippen LogP contribution >= 0.6 is 11.6 Å². The smallest absolute Gasteiger partial charge is 0.271 e. The predicted molar refractivity (Wildman–Crippen MR) is 108 cm³/mol. The lowest BCUT2D eigenvalue weighted by molar-refractivity contribution is -0.130. The summed E-state index contributed by atoms with van der Waals surface area (Å²) in [5.74, 6) is -1.18. The molecule has 152 valence electrons.